The van der Waals surface area contributed by atoms with Crippen molar-refractivity contribution in [3.63, 3.8) is 0 Å². The van der Waals surface area contributed by atoms with Gasteiger partial charge in [-0.1, -0.05) is 0 Å². The Morgan fingerprint density at radius 1 is 1.40 bits per heavy atom. The summed E-state index contributed by atoms with van der Waals surface area (Å²) >= 11 is 0. The molecule has 6 nitrogen and oxygen atoms in total. The molecule has 1 amide bonds. The summed E-state index contributed by atoms with van der Waals surface area (Å²) in [6, 6.07) is 3.50. The third-order valence-electron chi connectivity index (χ3n) is 3.31. The van der Waals surface area contributed by atoms with Crippen LogP contribution in [0.25, 0.3) is 0 Å². The fourth-order valence-electron chi connectivity index (χ4n) is 2.03. The van der Waals surface area contributed by atoms with Gasteiger partial charge in [0.25, 0.3) is 0 Å². The normalized spacial score (nSPS) is 10.6. The first-order chi connectivity index (χ1) is 9.47. The number of aromatic nitrogens is 3. The molecule has 0 spiro atoms. The zero-order valence-corrected chi connectivity index (χ0v) is 12.0. The maximum atomic E-state index is 11.9. The Morgan fingerprint density at radius 3 is 2.70 bits per heavy atom. The number of rotatable bonds is 4. The summed E-state index contributed by atoms with van der Waals surface area (Å²) in [5.41, 5.74) is 9.92. The summed E-state index contributed by atoms with van der Waals surface area (Å²) in [6.07, 6.45) is 1.80. The molecule has 0 aliphatic heterocycles. The smallest absolute Gasteiger partial charge is 0.226 e. The Labute approximate surface area is 118 Å². The third kappa shape index (κ3) is 3.14. The second-order valence-electron chi connectivity index (χ2n) is 4.81. The predicted octanol–water partition coefficient (Wildman–Crippen LogP) is 0.873. The fourth-order valence-corrected chi connectivity index (χ4v) is 2.03. The van der Waals surface area contributed by atoms with Crippen molar-refractivity contribution in [3.05, 3.63) is 41.0 Å². The molecular formula is C14H19N5O. The lowest BCUT2D eigenvalue weighted by atomic mass is 10.2. The minimum Gasteiger partial charge on any atom is -0.397 e. The average molecular weight is 273 g/mol. The first-order valence-corrected chi connectivity index (χ1v) is 6.43. The summed E-state index contributed by atoms with van der Waals surface area (Å²) < 4.78 is 1.82. The van der Waals surface area contributed by atoms with Crippen molar-refractivity contribution in [1.82, 2.24) is 20.1 Å². The zero-order chi connectivity index (χ0) is 14.7. The number of amides is 1. The van der Waals surface area contributed by atoms with Gasteiger partial charge >= 0.3 is 0 Å². The number of carbonyl (C=O) groups excluding carboxylic acids is 1. The third-order valence-corrected chi connectivity index (χ3v) is 3.31. The highest BCUT2D eigenvalue weighted by molar-refractivity contribution is 5.78. The maximum Gasteiger partial charge on any atom is 0.226 e. The lowest BCUT2D eigenvalue weighted by Gasteiger charge is -2.06. The van der Waals surface area contributed by atoms with Crippen molar-refractivity contribution in [2.45, 2.75) is 26.8 Å². The van der Waals surface area contributed by atoms with Gasteiger partial charge in [0.15, 0.2) is 0 Å². The van der Waals surface area contributed by atoms with E-state index < -0.39 is 0 Å². The van der Waals surface area contributed by atoms with E-state index in [1.54, 1.807) is 18.3 Å². The standard InChI is InChI=1S/C14H19N5O/c1-9-13(10(2)19(3)18-9)8-17-14(20)6-12-5-4-11(15)7-16-12/h4-5,7H,6,8,15H2,1-3H3,(H,17,20). The largest absolute Gasteiger partial charge is 0.397 e. The van der Waals surface area contributed by atoms with E-state index in [0.29, 0.717) is 17.9 Å². The molecule has 0 aromatic carbocycles. The maximum absolute atomic E-state index is 11.9. The molecule has 0 aliphatic carbocycles. The number of nitrogen functional groups attached to an aromatic ring is 1. The van der Waals surface area contributed by atoms with Crippen LogP contribution in [0.2, 0.25) is 0 Å². The van der Waals surface area contributed by atoms with Crippen molar-refractivity contribution in [2.75, 3.05) is 5.73 Å². The molecule has 106 valence electrons. The highest BCUT2D eigenvalue weighted by Crippen LogP contribution is 2.11. The molecule has 0 bridgehead atoms. The lowest BCUT2D eigenvalue weighted by molar-refractivity contribution is -0.120. The molecule has 3 N–H and O–H groups in total. The van der Waals surface area contributed by atoms with E-state index in [2.05, 4.69) is 15.4 Å². The van der Waals surface area contributed by atoms with Crippen LogP contribution in [0.4, 0.5) is 5.69 Å². The Balaban J connectivity index is 1.94. The first-order valence-electron chi connectivity index (χ1n) is 6.43. The number of aryl methyl sites for hydroxylation is 2. The number of nitrogens with one attached hydrogen (secondary N) is 1. The van der Waals surface area contributed by atoms with Gasteiger partial charge < -0.3 is 11.1 Å². The summed E-state index contributed by atoms with van der Waals surface area (Å²) in [5.74, 6) is -0.0649. The van der Waals surface area contributed by atoms with Gasteiger partial charge in [-0.15, -0.1) is 0 Å². The molecule has 6 heteroatoms. The van der Waals surface area contributed by atoms with Crippen molar-refractivity contribution >= 4 is 11.6 Å². The second-order valence-corrected chi connectivity index (χ2v) is 4.81. The average Bonchev–Trinajstić information content (AvgIpc) is 2.64. The van der Waals surface area contributed by atoms with Crippen molar-refractivity contribution in [1.29, 1.82) is 0 Å². The molecule has 2 aromatic heterocycles. The number of nitrogens with zero attached hydrogens (tertiary/aromatic N) is 3. The first kappa shape index (κ1) is 14.0. The van der Waals surface area contributed by atoms with Crippen molar-refractivity contribution < 1.29 is 4.79 Å². The van der Waals surface area contributed by atoms with E-state index in [0.717, 1.165) is 17.0 Å². The van der Waals surface area contributed by atoms with Crippen LogP contribution < -0.4 is 11.1 Å². The predicted molar refractivity (Wildman–Crippen MR) is 76.9 cm³/mol. The minimum absolute atomic E-state index is 0.0649. The number of hydrogen-bond acceptors (Lipinski definition) is 4. The molecular weight excluding hydrogens is 254 g/mol. The Bertz CT molecular complexity index is 615. The summed E-state index contributed by atoms with van der Waals surface area (Å²) in [6.45, 7) is 4.42. The Morgan fingerprint density at radius 2 is 2.15 bits per heavy atom. The Hall–Kier alpha value is -2.37. The van der Waals surface area contributed by atoms with E-state index in [9.17, 15) is 4.79 Å². The molecule has 2 rings (SSSR count). The van der Waals surface area contributed by atoms with E-state index in [1.807, 2.05) is 25.6 Å². The second kappa shape index (κ2) is 5.73. The van der Waals surface area contributed by atoms with E-state index in [-0.39, 0.29) is 12.3 Å². The minimum atomic E-state index is -0.0649. The number of carbonyl (C=O) groups is 1. The van der Waals surface area contributed by atoms with Gasteiger partial charge in [-0.05, 0) is 26.0 Å². The highest BCUT2D eigenvalue weighted by atomic mass is 16.1. The highest BCUT2D eigenvalue weighted by Gasteiger charge is 2.11. The monoisotopic (exact) mass is 273 g/mol. The lowest BCUT2D eigenvalue weighted by Crippen LogP contribution is -2.25. The van der Waals surface area contributed by atoms with Crippen LogP contribution in [0.15, 0.2) is 18.3 Å². The van der Waals surface area contributed by atoms with Gasteiger partial charge in [-0.25, -0.2) is 0 Å². The summed E-state index contributed by atoms with van der Waals surface area (Å²) in [5, 5.41) is 7.21. The number of pyridine rings is 1. The number of hydrogen-bond donors (Lipinski definition) is 2. The van der Waals surface area contributed by atoms with Crippen LogP contribution in [0.5, 0.6) is 0 Å². The molecule has 0 unspecified atom stereocenters. The van der Waals surface area contributed by atoms with Crippen LogP contribution in [0.1, 0.15) is 22.6 Å². The van der Waals surface area contributed by atoms with Crippen LogP contribution in [0, 0.1) is 13.8 Å². The van der Waals surface area contributed by atoms with Gasteiger partial charge in [0.05, 0.1) is 24.0 Å². The molecule has 2 aromatic rings. The van der Waals surface area contributed by atoms with Gasteiger partial charge in [-0.3, -0.25) is 14.5 Å². The van der Waals surface area contributed by atoms with Crippen LogP contribution in [-0.2, 0) is 24.8 Å². The molecule has 0 radical (unpaired) electrons. The van der Waals surface area contributed by atoms with Crippen LogP contribution >= 0.6 is 0 Å². The van der Waals surface area contributed by atoms with Gasteiger partial charge in [0.2, 0.25) is 5.91 Å². The summed E-state index contributed by atoms with van der Waals surface area (Å²) in [7, 11) is 1.89. The van der Waals surface area contributed by atoms with Gasteiger partial charge in [0.1, 0.15) is 0 Å². The molecule has 0 saturated heterocycles. The van der Waals surface area contributed by atoms with Crippen LogP contribution in [0.3, 0.4) is 0 Å². The van der Waals surface area contributed by atoms with E-state index >= 15 is 0 Å². The number of nitrogens with two attached hydrogens (primary N) is 1. The van der Waals surface area contributed by atoms with E-state index in [4.69, 9.17) is 5.73 Å². The van der Waals surface area contributed by atoms with Gasteiger partial charge in [-0.2, -0.15) is 5.10 Å². The number of anilines is 1. The Kier molecular flexibility index (Phi) is 4.02. The molecule has 20 heavy (non-hydrogen) atoms. The van der Waals surface area contributed by atoms with Gasteiger partial charge in [0, 0.05) is 30.5 Å². The molecule has 0 fully saturated rings. The summed E-state index contributed by atoms with van der Waals surface area (Å²) in [4.78, 5) is 16.0. The zero-order valence-electron chi connectivity index (χ0n) is 12.0. The molecule has 0 aliphatic rings. The fraction of sp³-hybridized carbons (Fsp3) is 0.357. The topological polar surface area (TPSA) is 85.8 Å². The van der Waals surface area contributed by atoms with Crippen LogP contribution in [-0.4, -0.2) is 20.7 Å². The quantitative estimate of drug-likeness (QED) is 0.865. The molecule has 0 atom stereocenters. The van der Waals surface area contributed by atoms with Crippen molar-refractivity contribution in [3.8, 4) is 0 Å². The SMILES string of the molecule is Cc1nn(C)c(C)c1CNC(=O)Cc1ccc(N)cn1. The van der Waals surface area contributed by atoms with Crippen molar-refractivity contribution in [2.24, 2.45) is 7.05 Å². The molecule has 2 heterocycles. The molecule has 0 saturated carbocycles. The van der Waals surface area contributed by atoms with E-state index in [1.165, 1.54) is 0 Å².